The molecule has 0 aliphatic heterocycles. The van der Waals surface area contributed by atoms with Crippen molar-refractivity contribution in [2.75, 3.05) is 13.2 Å². The van der Waals surface area contributed by atoms with E-state index < -0.39 is 0 Å². The molecular weight excluding hydrogens is 150 g/mol. The molecule has 12 heavy (non-hydrogen) atoms. The second kappa shape index (κ2) is 6.05. The Morgan fingerprint density at radius 1 is 1.58 bits per heavy atom. The lowest BCUT2D eigenvalue weighted by molar-refractivity contribution is 0.217. The summed E-state index contributed by atoms with van der Waals surface area (Å²) in [5.74, 6) is 2.58. The monoisotopic (exact) mass is 169 g/mol. The maximum absolute atomic E-state index is 8.81. The van der Waals surface area contributed by atoms with Gasteiger partial charge in [0.05, 0.1) is 0 Å². The van der Waals surface area contributed by atoms with Gasteiger partial charge in [0.25, 0.3) is 0 Å². The summed E-state index contributed by atoms with van der Waals surface area (Å²) in [6.07, 6.45) is 7.68. The first-order valence-corrected chi connectivity index (χ1v) is 4.48. The molecule has 0 aromatic heterocycles. The van der Waals surface area contributed by atoms with Crippen LogP contribution in [0.1, 0.15) is 33.1 Å². The summed E-state index contributed by atoms with van der Waals surface area (Å²) in [7, 11) is 0. The molecule has 1 unspecified atom stereocenters. The molecule has 70 valence electrons. The van der Waals surface area contributed by atoms with Crippen LogP contribution in [0, 0.1) is 12.3 Å². The van der Waals surface area contributed by atoms with Crippen molar-refractivity contribution in [2.45, 2.75) is 38.6 Å². The van der Waals surface area contributed by atoms with Gasteiger partial charge in [0.2, 0.25) is 0 Å². The lowest BCUT2D eigenvalue weighted by atomic mass is 9.95. The average Bonchev–Trinajstić information content (AvgIpc) is 2.06. The number of hydrogen-bond donors (Lipinski definition) is 2. The molecule has 0 aromatic carbocycles. The number of aliphatic hydroxyl groups excluding tert-OH is 1. The maximum Gasteiger partial charge on any atom is 0.0448 e. The fraction of sp³-hybridized carbons (Fsp3) is 0.800. The van der Waals surface area contributed by atoms with Crippen LogP contribution in [0.3, 0.4) is 0 Å². The van der Waals surface area contributed by atoms with Crippen LogP contribution in [-0.2, 0) is 0 Å². The summed E-state index contributed by atoms with van der Waals surface area (Å²) < 4.78 is 0. The molecule has 1 atom stereocenters. The van der Waals surface area contributed by atoms with E-state index in [9.17, 15) is 0 Å². The van der Waals surface area contributed by atoms with Gasteiger partial charge in [-0.05, 0) is 19.8 Å². The van der Waals surface area contributed by atoms with Crippen LogP contribution < -0.4 is 5.32 Å². The molecule has 2 N–H and O–H groups in total. The largest absolute Gasteiger partial charge is 0.396 e. The minimum absolute atomic E-state index is 0.0472. The van der Waals surface area contributed by atoms with E-state index in [2.05, 4.69) is 25.1 Å². The van der Waals surface area contributed by atoms with Gasteiger partial charge in [-0.2, -0.15) is 0 Å². The van der Waals surface area contributed by atoms with Gasteiger partial charge in [-0.15, -0.1) is 12.3 Å². The van der Waals surface area contributed by atoms with E-state index in [-0.39, 0.29) is 12.1 Å². The maximum atomic E-state index is 8.81. The normalized spacial score (nSPS) is 15.2. The van der Waals surface area contributed by atoms with Crippen LogP contribution >= 0.6 is 0 Å². The highest BCUT2D eigenvalue weighted by Crippen LogP contribution is 2.13. The molecular formula is C10H19NO. The third-order valence-electron chi connectivity index (χ3n) is 2.27. The molecule has 0 spiro atoms. The highest BCUT2D eigenvalue weighted by Gasteiger charge is 2.19. The Labute approximate surface area is 75.4 Å². The number of rotatable bonds is 6. The van der Waals surface area contributed by atoms with Crippen molar-refractivity contribution in [2.24, 2.45) is 0 Å². The molecule has 0 aromatic rings. The molecule has 0 amide bonds. The summed E-state index contributed by atoms with van der Waals surface area (Å²) in [4.78, 5) is 0. The van der Waals surface area contributed by atoms with E-state index in [0.717, 1.165) is 25.8 Å². The number of hydrogen-bond acceptors (Lipinski definition) is 2. The number of aliphatic hydroxyl groups is 1. The third kappa shape index (κ3) is 4.38. The first-order chi connectivity index (χ1) is 5.68. The first-order valence-electron chi connectivity index (χ1n) is 4.48. The average molecular weight is 169 g/mol. The zero-order valence-electron chi connectivity index (χ0n) is 8.06. The lowest BCUT2D eigenvalue weighted by Gasteiger charge is -2.28. The highest BCUT2D eigenvalue weighted by atomic mass is 16.3. The Morgan fingerprint density at radius 3 is 2.67 bits per heavy atom. The standard InChI is InChI=1S/C10H19NO/c1-4-6-8-11-10(3,5-2)7-9-12/h1,11-12H,5-9H2,2-3H3. The fourth-order valence-corrected chi connectivity index (χ4v) is 1.07. The fourth-order valence-electron chi connectivity index (χ4n) is 1.07. The highest BCUT2D eigenvalue weighted by molar-refractivity contribution is 4.87. The molecule has 0 bridgehead atoms. The van der Waals surface area contributed by atoms with Crippen LogP contribution in [-0.4, -0.2) is 23.8 Å². The molecule has 2 heteroatoms. The smallest absolute Gasteiger partial charge is 0.0448 e. The van der Waals surface area contributed by atoms with Gasteiger partial charge in [0.1, 0.15) is 0 Å². The van der Waals surface area contributed by atoms with Gasteiger partial charge >= 0.3 is 0 Å². The summed E-state index contributed by atoms with van der Waals surface area (Å²) in [6, 6.07) is 0. The zero-order valence-corrected chi connectivity index (χ0v) is 8.06. The Bertz CT molecular complexity index is 150. The van der Waals surface area contributed by atoms with Gasteiger partial charge in [-0.25, -0.2) is 0 Å². The Balaban J connectivity index is 3.72. The minimum Gasteiger partial charge on any atom is -0.396 e. The molecule has 0 radical (unpaired) electrons. The van der Waals surface area contributed by atoms with E-state index in [4.69, 9.17) is 11.5 Å². The van der Waals surface area contributed by atoms with Gasteiger partial charge in [-0.1, -0.05) is 6.92 Å². The van der Waals surface area contributed by atoms with E-state index in [1.54, 1.807) is 0 Å². The van der Waals surface area contributed by atoms with Crippen molar-refractivity contribution in [1.82, 2.24) is 5.32 Å². The van der Waals surface area contributed by atoms with Gasteiger partial charge < -0.3 is 10.4 Å². The quantitative estimate of drug-likeness (QED) is 0.462. The summed E-state index contributed by atoms with van der Waals surface area (Å²) in [5, 5.41) is 12.2. The van der Waals surface area contributed by atoms with Crippen molar-refractivity contribution in [3.8, 4) is 12.3 Å². The Morgan fingerprint density at radius 2 is 2.25 bits per heavy atom. The van der Waals surface area contributed by atoms with Crippen LogP contribution in [0.4, 0.5) is 0 Å². The van der Waals surface area contributed by atoms with E-state index in [1.807, 2.05) is 0 Å². The Hall–Kier alpha value is -0.520. The molecule has 0 fully saturated rings. The molecule has 2 nitrogen and oxygen atoms in total. The van der Waals surface area contributed by atoms with Crippen LogP contribution in [0.5, 0.6) is 0 Å². The topological polar surface area (TPSA) is 32.3 Å². The lowest BCUT2D eigenvalue weighted by Crippen LogP contribution is -2.42. The molecule has 0 saturated heterocycles. The molecule has 0 aliphatic carbocycles. The number of terminal acetylenes is 1. The van der Waals surface area contributed by atoms with E-state index >= 15 is 0 Å². The predicted octanol–water partition coefficient (Wildman–Crippen LogP) is 1.15. The Kier molecular flexibility index (Phi) is 5.79. The van der Waals surface area contributed by atoms with Crippen molar-refractivity contribution < 1.29 is 5.11 Å². The number of nitrogens with one attached hydrogen (secondary N) is 1. The third-order valence-corrected chi connectivity index (χ3v) is 2.27. The van der Waals surface area contributed by atoms with Crippen LogP contribution in [0.25, 0.3) is 0 Å². The summed E-state index contributed by atoms with van der Waals surface area (Å²) in [6.45, 7) is 5.28. The molecule has 0 heterocycles. The van der Waals surface area contributed by atoms with E-state index in [1.165, 1.54) is 0 Å². The van der Waals surface area contributed by atoms with E-state index in [0.29, 0.717) is 0 Å². The second-order valence-electron chi connectivity index (χ2n) is 3.27. The van der Waals surface area contributed by atoms with Gasteiger partial charge in [-0.3, -0.25) is 0 Å². The molecule has 0 aliphatic rings. The van der Waals surface area contributed by atoms with Gasteiger partial charge in [0.15, 0.2) is 0 Å². The molecule has 0 rings (SSSR count). The van der Waals surface area contributed by atoms with Crippen molar-refractivity contribution in [3.63, 3.8) is 0 Å². The first kappa shape index (κ1) is 11.5. The van der Waals surface area contributed by atoms with Crippen molar-refractivity contribution in [1.29, 1.82) is 0 Å². The second-order valence-corrected chi connectivity index (χ2v) is 3.27. The van der Waals surface area contributed by atoms with Crippen LogP contribution in [0.2, 0.25) is 0 Å². The minimum atomic E-state index is 0.0472. The van der Waals surface area contributed by atoms with Crippen LogP contribution in [0.15, 0.2) is 0 Å². The zero-order chi connectivity index (χ0) is 9.45. The van der Waals surface area contributed by atoms with Gasteiger partial charge in [0, 0.05) is 25.1 Å². The summed E-state index contributed by atoms with van der Waals surface area (Å²) in [5.41, 5.74) is 0.0472. The van der Waals surface area contributed by atoms with Crippen molar-refractivity contribution in [3.05, 3.63) is 0 Å². The SMILES string of the molecule is C#CCCNC(C)(CC)CCO. The van der Waals surface area contributed by atoms with Crippen molar-refractivity contribution >= 4 is 0 Å². The molecule has 0 saturated carbocycles. The summed E-state index contributed by atoms with van der Waals surface area (Å²) >= 11 is 0. The predicted molar refractivity (Wildman–Crippen MR) is 51.9 cm³/mol.